The molecule has 2 unspecified atom stereocenters. The molecule has 0 saturated heterocycles. The first-order chi connectivity index (χ1) is 15.0. The van der Waals surface area contributed by atoms with Gasteiger partial charge in [-0.3, -0.25) is 14.1 Å². The fraction of sp³-hybridized carbons (Fsp3) is 0.421. The van der Waals surface area contributed by atoms with Gasteiger partial charge >= 0.3 is 7.52 Å². The van der Waals surface area contributed by atoms with Crippen LogP contribution in [0.3, 0.4) is 0 Å². The van der Waals surface area contributed by atoms with Crippen LogP contribution in [0.5, 0.6) is 5.75 Å². The molecule has 1 aromatic carbocycles. The number of aromatic nitrogens is 2. The van der Waals surface area contributed by atoms with Crippen LogP contribution in [0.4, 0.5) is 11.4 Å². The van der Waals surface area contributed by atoms with Crippen LogP contribution in [0.25, 0.3) is 0 Å². The van der Waals surface area contributed by atoms with Gasteiger partial charge in [-0.1, -0.05) is 20.3 Å². The molecule has 13 heteroatoms. The van der Waals surface area contributed by atoms with Crippen molar-refractivity contribution in [1.82, 2.24) is 9.78 Å². The van der Waals surface area contributed by atoms with Crippen molar-refractivity contribution < 1.29 is 22.6 Å². The Morgan fingerprint density at radius 2 is 2.09 bits per heavy atom. The SMILES string of the molecule is CCC(C)CCn1ncc(O)c(C2=NP(=O)(OC)c3cc(NS(C)(=O)=O)ccc3N2)c1=O. The zero-order valence-electron chi connectivity index (χ0n) is 18.2. The lowest BCUT2D eigenvalue weighted by atomic mass is 10.1. The average Bonchev–Trinajstić information content (AvgIpc) is 2.72. The van der Waals surface area contributed by atoms with Crippen molar-refractivity contribution in [2.24, 2.45) is 10.7 Å². The number of nitrogens with zero attached hydrogens (tertiary/aromatic N) is 3. The predicted molar refractivity (Wildman–Crippen MR) is 124 cm³/mol. The maximum atomic E-state index is 13.5. The highest BCUT2D eigenvalue weighted by Gasteiger charge is 2.35. The predicted octanol–water partition coefficient (Wildman–Crippen LogP) is 2.09. The highest BCUT2D eigenvalue weighted by atomic mass is 32.2. The van der Waals surface area contributed by atoms with Crippen LogP contribution in [-0.2, 0) is 25.7 Å². The zero-order chi connectivity index (χ0) is 23.7. The van der Waals surface area contributed by atoms with E-state index in [2.05, 4.69) is 33.7 Å². The molecule has 2 aromatic rings. The van der Waals surface area contributed by atoms with Gasteiger partial charge in [-0.2, -0.15) is 9.86 Å². The summed E-state index contributed by atoms with van der Waals surface area (Å²) >= 11 is 0. The number of rotatable bonds is 8. The molecule has 0 saturated carbocycles. The Labute approximate surface area is 186 Å². The number of anilines is 2. The number of hydrogen-bond donors (Lipinski definition) is 3. The van der Waals surface area contributed by atoms with E-state index in [0.29, 0.717) is 18.2 Å². The second kappa shape index (κ2) is 9.05. The third kappa shape index (κ3) is 5.03. The molecule has 174 valence electrons. The molecule has 1 aliphatic heterocycles. The van der Waals surface area contributed by atoms with Crippen molar-refractivity contribution in [3.63, 3.8) is 0 Å². The fourth-order valence-corrected chi connectivity index (χ4v) is 5.24. The smallest absolute Gasteiger partial charge is 0.348 e. The quantitative estimate of drug-likeness (QED) is 0.483. The first-order valence-corrected chi connectivity index (χ1v) is 13.4. The summed E-state index contributed by atoms with van der Waals surface area (Å²) in [5.74, 6) is -0.141. The molecule has 11 nitrogen and oxygen atoms in total. The minimum atomic E-state index is -3.88. The van der Waals surface area contributed by atoms with Gasteiger partial charge in [0.15, 0.2) is 11.6 Å². The molecule has 1 aliphatic rings. The summed E-state index contributed by atoms with van der Waals surface area (Å²) in [6.07, 6.45) is 3.82. The van der Waals surface area contributed by atoms with Gasteiger partial charge < -0.3 is 14.9 Å². The van der Waals surface area contributed by atoms with E-state index in [-0.39, 0.29) is 22.4 Å². The van der Waals surface area contributed by atoms with Gasteiger partial charge in [-0.25, -0.2) is 13.1 Å². The molecular formula is C19H26N5O6PS. The second-order valence-corrected chi connectivity index (χ2v) is 11.5. The molecule has 0 bridgehead atoms. The summed E-state index contributed by atoms with van der Waals surface area (Å²) in [5, 5.41) is 17.4. The Hall–Kier alpha value is -2.69. The number of sulfonamides is 1. The lowest BCUT2D eigenvalue weighted by Crippen LogP contribution is -2.34. The Morgan fingerprint density at radius 1 is 1.38 bits per heavy atom. The largest absolute Gasteiger partial charge is 0.505 e. The van der Waals surface area contributed by atoms with Crippen LogP contribution in [0.1, 0.15) is 32.3 Å². The molecule has 3 rings (SSSR count). The monoisotopic (exact) mass is 483 g/mol. The molecule has 3 N–H and O–H groups in total. The number of fused-ring (bicyclic) bond motifs is 1. The highest BCUT2D eigenvalue weighted by Crippen LogP contribution is 2.51. The van der Waals surface area contributed by atoms with E-state index < -0.39 is 28.9 Å². The summed E-state index contributed by atoms with van der Waals surface area (Å²) in [6, 6.07) is 4.31. The molecule has 32 heavy (non-hydrogen) atoms. The first kappa shape index (κ1) is 24.0. The van der Waals surface area contributed by atoms with Crippen molar-refractivity contribution in [3.8, 4) is 5.75 Å². The van der Waals surface area contributed by atoms with Crippen LogP contribution in [0.15, 0.2) is 34.0 Å². The molecule has 0 radical (unpaired) electrons. The van der Waals surface area contributed by atoms with E-state index >= 15 is 0 Å². The number of benzene rings is 1. The van der Waals surface area contributed by atoms with Crippen LogP contribution in [0, 0.1) is 5.92 Å². The summed E-state index contributed by atoms with van der Waals surface area (Å²) in [7, 11) is -6.23. The number of hydrogen-bond acceptors (Lipinski definition) is 8. The Morgan fingerprint density at radius 3 is 2.72 bits per heavy atom. The van der Waals surface area contributed by atoms with Crippen molar-refractivity contribution in [2.45, 2.75) is 33.2 Å². The Bertz CT molecular complexity index is 1270. The van der Waals surface area contributed by atoms with Crippen molar-refractivity contribution in [2.75, 3.05) is 23.4 Å². The maximum absolute atomic E-state index is 13.5. The molecule has 0 spiro atoms. The van der Waals surface area contributed by atoms with Gasteiger partial charge in [0.2, 0.25) is 10.0 Å². The van der Waals surface area contributed by atoms with Gasteiger partial charge in [0.1, 0.15) is 5.56 Å². The van der Waals surface area contributed by atoms with E-state index in [0.717, 1.165) is 25.3 Å². The van der Waals surface area contributed by atoms with Gasteiger partial charge in [0.05, 0.1) is 23.4 Å². The minimum absolute atomic E-state index is 0.117. The third-order valence-electron chi connectivity index (χ3n) is 5.13. The van der Waals surface area contributed by atoms with Crippen molar-refractivity contribution in [1.29, 1.82) is 0 Å². The highest BCUT2D eigenvalue weighted by molar-refractivity contribution is 7.92. The average molecular weight is 483 g/mol. The lowest BCUT2D eigenvalue weighted by Gasteiger charge is -2.25. The molecule has 0 amide bonds. The zero-order valence-corrected chi connectivity index (χ0v) is 19.9. The molecule has 2 atom stereocenters. The van der Waals surface area contributed by atoms with Crippen molar-refractivity contribution >= 4 is 40.1 Å². The first-order valence-electron chi connectivity index (χ1n) is 9.92. The van der Waals surface area contributed by atoms with Crippen LogP contribution < -0.4 is 20.9 Å². The van der Waals surface area contributed by atoms with E-state index in [9.17, 15) is 22.9 Å². The number of amidine groups is 1. The molecule has 0 aliphatic carbocycles. The van der Waals surface area contributed by atoms with Gasteiger partial charge in [-0.15, -0.1) is 0 Å². The lowest BCUT2D eigenvalue weighted by molar-refractivity contribution is 0.404. The normalized spacial score (nSPS) is 18.9. The standard InChI is InChI=1S/C19H26N5O6PS/c1-5-12(2)8-9-24-19(26)17(15(25)11-20-24)18-21-14-7-6-13(23-32(4,28)29)10-16(14)31(27,22-18)30-3/h6-7,10-12,23,25H,5,8-9H2,1-4H3,(H,21,22,27). The van der Waals surface area contributed by atoms with Gasteiger partial charge in [0, 0.05) is 19.3 Å². The number of aromatic hydroxyl groups is 1. The number of nitrogens with one attached hydrogen (secondary N) is 2. The summed E-state index contributed by atoms with van der Waals surface area (Å²) in [5.41, 5.74) is -0.268. The molecule has 1 aromatic heterocycles. The summed E-state index contributed by atoms with van der Waals surface area (Å²) in [6.45, 7) is 4.48. The van der Waals surface area contributed by atoms with Crippen molar-refractivity contribution in [3.05, 3.63) is 40.3 Å². The fourth-order valence-electron chi connectivity index (χ4n) is 3.15. The van der Waals surface area contributed by atoms with Gasteiger partial charge in [-0.05, 0) is 30.5 Å². The minimum Gasteiger partial charge on any atom is -0.505 e. The third-order valence-corrected chi connectivity index (χ3v) is 7.67. The second-order valence-electron chi connectivity index (χ2n) is 7.62. The van der Waals surface area contributed by atoms with E-state index in [1.165, 1.54) is 30.0 Å². The maximum Gasteiger partial charge on any atom is 0.348 e. The molecule has 2 heterocycles. The van der Waals surface area contributed by atoms with Crippen LogP contribution >= 0.6 is 7.52 Å². The van der Waals surface area contributed by atoms with E-state index in [1.807, 2.05) is 0 Å². The summed E-state index contributed by atoms with van der Waals surface area (Å²) < 4.78 is 49.4. The topological polar surface area (TPSA) is 152 Å². The summed E-state index contributed by atoms with van der Waals surface area (Å²) in [4.78, 5) is 13.0. The van der Waals surface area contributed by atoms with Gasteiger partial charge in [0.25, 0.3) is 5.56 Å². The van der Waals surface area contributed by atoms with E-state index in [4.69, 9.17) is 4.52 Å². The van der Waals surface area contributed by atoms with Crippen LogP contribution in [0.2, 0.25) is 0 Å². The van der Waals surface area contributed by atoms with Crippen LogP contribution in [-0.4, -0.2) is 42.5 Å². The molecule has 0 fully saturated rings. The van der Waals surface area contributed by atoms with E-state index in [1.54, 1.807) is 0 Å². The number of aryl methyl sites for hydroxylation is 1. The Kier molecular flexibility index (Phi) is 6.77. The Balaban J connectivity index is 2.06. The molecular weight excluding hydrogens is 457 g/mol.